The summed E-state index contributed by atoms with van der Waals surface area (Å²) in [5.41, 5.74) is 0. The third-order valence-corrected chi connectivity index (χ3v) is 2.32. The molecule has 1 rings (SSSR count). The lowest BCUT2D eigenvalue weighted by atomic mass is 10.00. The van der Waals surface area contributed by atoms with Crippen LogP contribution in [0.1, 0.15) is 19.8 Å². The monoisotopic (exact) mass is 197 g/mol. The lowest BCUT2D eigenvalue weighted by molar-refractivity contribution is -0.153. The van der Waals surface area contributed by atoms with Crippen molar-refractivity contribution in [1.29, 1.82) is 0 Å². The van der Waals surface area contributed by atoms with Crippen LogP contribution in [0.4, 0.5) is 0 Å². The van der Waals surface area contributed by atoms with Gasteiger partial charge in [0.15, 0.2) is 6.10 Å². The van der Waals surface area contributed by atoms with E-state index in [-0.39, 0.29) is 11.8 Å². The predicted molar refractivity (Wildman–Crippen MR) is 51.5 cm³/mol. The summed E-state index contributed by atoms with van der Waals surface area (Å²) in [7, 11) is 0. The van der Waals surface area contributed by atoms with Crippen molar-refractivity contribution in [2.24, 2.45) is 5.92 Å². The fourth-order valence-electron chi connectivity index (χ4n) is 1.49. The minimum atomic E-state index is -0.664. The molecule has 14 heavy (non-hydrogen) atoms. The molecule has 2 atom stereocenters. The molecule has 78 valence electrons. The number of esters is 1. The van der Waals surface area contributed by atoms with Gasteiger partial charge in [-0.05, 0) is 12.8 Å². The van der Waals surface area contributed by atoms with E-state index in [9.17, 15) is 9.59 Å². The second kappa shape index (κ2) is 4.79. The number of ether oxygens (including phenoxy) is 1. The number of hydrogen-bond donors (Lipinski definition) is 1. The van der Waals surface area contributed by atoms with E-state index in [4.69, 9.17) is 4.74 Å². The molecule has 0 radical (unpaired) electrons. The molecular formula is C10H15NO3. The maximum Gasteiger partial charge on any atom is 0.330 e. The highest BCUT2D eigenvalue weighted by Gasteiger charge is 2.29. The van der Waals surface area contributed by atoms with Crippen molar-refractivity contribution in [2.75, 3.05) is 6.54 Å². The van der Waals surface area contributed by atoms with Gasteiger partial charge in [0.25, 0.3) is 5.91 Å². The Balaban J connectivity index is 2.64. The van der Waals surface area contributed by atoms with Gasteiger partial charge in [0.1, 0.15) is 0 Å². The molecule has 4 nitrogen and oxygen atoms in total. The Kier molecular flexibility index (Phi) is 3.68. The third-order valence-electron chi connectivity index (χ3n) is 2.32. The molecule has 1 N–H and O–H groups in total. The summed E-state index contributed by atoms with van der Waals surface area (Å²) in [5.74, 6) is -0.675. The lowest BCUT2D eigenvalue weighted by Crippen LogP contribution is -2.39. The van der Waals surface area contributed by atoms with Crippen LogP contribution in [0.25, 0.3) is 0 Å². The molecule has 0 bridgehead atoms. The summed E-state index contributed by atoms with van der Waals surface area (Å²) in [4.78, 5) is 22.4. The van der Waals surface area contributed by atoms with Gasteiger partial charge in [0.2, 0.25) is 0 Å². The Morgan fingerprint density at radius 1 is 1.71 bits per heavy atom. The number of rotatable bonds is 2. The van der Waals surface area contributed by atoms with E-state index in [1.165, 1.54) is 0 Å². The largest absolute Gasteiger partial charge is 0.449 e. The Bertz CT molecular complexity index is 250. The van der Waals surface area contributed by atoms with E-state index in [0.717, 1.165) is 18.9 Å². The Labute approximate surface area is 83.3 Å². The van der Waals surface area contributed by atoms with Crippen molar-refractivity contribution in [3.63, 3.8) is 0 Å². The van der Waals surface area contributed by atoms with Crippen LogP contribution in [-0.2, 0) is 14.3 Å². The van der Waals surface area contributed by atoms with Gasteiger partial charge >= 0.3 is 5.97 Å². The molecule has 1 heterocycles. The first kappa shape index (κ1) is 10.8. The second-order valence-electron chi connectivity index (χ2n) is 3.47. The van der Waals surface area contributed by atoms with Crippen LogP contribution in [0.2, 0.25) is 0 Å². The molecule has 1 aliphatic rings. The topological polar surface area (TPSA) is 55.4 Å². The Morgan fingerprint density at radius 2 is 2.43 bits per heavy atom. The molecule has 1 fully saturated rings. The molecule has 4 heteroatoms. The number of nitrogens with one attached hydrogen (secondary N) is 1. The number of carbonyl (C=O) groups is 2. The zero-order chi connectivity index (χ0) is 10.6. The summed E-state index contributed by atoms with van der Waals surface area (Å²) in [5, 5.41) is 2.70. The maximum atomic E-state index is 11.5. The van der Waals surface area contributed by atoms with Crippen LogP contribution in [0.5, 0.6) is 0 Å². The standard InChI is InChI=1S/C10H15NO3/c1-3-8(12)14-9-7(2)5-4-6-11-10(9)13/h3,7,9H,1,4-6H2,2H3,(H,11,13). The summed E-state index contributed by atoms with van der Waals surface area (Å²) in [6, 6.07) is 0. The van der Waals surface area contributed by atoms with Gasteiger partial charge in [0.05, 0.1) is 0 Å². The molecule has 0 aromatic carbocycles. The fraction of sp³-hybridized carbons (Fsp3) is 0.600. The average molecular weight is 197 g/mol. The zero-order valence-electron chi connectivity index (χ0n) is 8.29. The van der Waals surface area contributed by atoms with Gasteiger partial charge in [-0.1, -0.05) is 13.5 Å². The lowest BCUT2D eigenvalue weighted by Gasteiger charge is -2.18. The zero-order valence-corrected chi connectivity index (χ0v) is 8.29. The van der Waals surface area contributed by atoms with E-state index < -0.39 is 12.1 Å². The van der Waals surface area contributed by atoms with E-state index in [1.807, 2.05) is 6.92 Å². The number of amides is 1. The van der Waals surface area contributed by atoms with Gasteiger partial charge < -0.3 is 10.1 Å². The minimum Gasteiger partial charge on any atom is -0.449 e. The fourth-order valence-corrected chi connectivity index (χ4v) is 1.49. The smallest absolute Gasteiger partial charge is 0.330 e. The number of carbonyl (C=O) groups excluding carboxylic acids is 2. The van der Waals surface area contributed by atoms with Crippen molar-refractivity contribution in [1.82, 2.24) is 5.32 Å². The van der Waals surface area contributed by atoms with Crippen LogP contribution in [-0.4, -0.2) is 24.5 Å². The normalized spacial score (nSPS) is 27.4. The average Bonchev–Trinajstić information content (AvgIpc) is 2.32. The Morgan fingerprint density at radius 3 is 3.07 bits per heavy atom. The molecule has 0 spiro atoms. The van der Waals surface area contributed by atoms with Gasteiger partial charge in [-0.15, -0.1) is 0 Å². The molecule has 0 aliphatic carbocycles. The molecule has 2 unspecified atom stereocenters. The highest BCUT2D eigenvalue weighted by atomic mass is 16.5. The van der Waals surface area contributed by atoms with E-state index in [2.05, 4.69) is 11.9 Å². The van der Waals surface area contributed by atoms with Gasteiger partial charge in [-0.3, -0.25) is 4.79 Å². The van der Waals surface area contributed by atoms with Crippen LogP contribution in [0.15, 0.2) is 12.7 Å². The van der Waals surface area contributed by atoms with Crippen molar-refractivity contribution < 1.29 is 14.3 Å². The highest BCUT2D eigenvalue weighted by molar-refractivity contribution is 5.87. The van der Waals surface area contributed by atoms with Crippen molar-refractivity contribution >= 4 is 11.9 Å². The second-order valence-corrected chi connectivity index (χ2v) is 3.47. The molecule has 0 aromatic heterocycles. The summed E-state index contributed by atoms with van der Waals surface area (Å²) < 4.78 is 4.98. The van der Waals surface area contributed by atoms with E-state index in [0.29, 0.717) is 6.54 Å². The predicted octanol–water partition coefficient (Wildman–Crippen LogP) is 0.630. The molecule has 0 saturated carbocycles. The summed E-state index contributed by atoms with van der Waals surface area (Å²) in [6.45, 7) is 5.86. The molecular weight excluding hydrogens is 182 g/mol. The first-order valence-corrected chi connectivity index (χ1v) is 4.76. The van der Waals surface area contributed by atoms with Crippen LogP contribution in [0, 0.1) is 5.92 Å². The number of hydrogen-bond acceptors (Lipinski definition) is 3. The molecule has 1 amide bonds. The highest BCUT2D eigenvalue weighted by Crippen LogP contribution is 2.17. The molecule has 1 saturated heterocycles. The summed E-state index contributed by atoms with van der Waals surface area (Å²) in [6.07, 6.45) is 2.22. The molecule has 1 aliphatic heterocycles. The van der Waals surface area contributed by atoms with Crippen LogP contribution < -0.4 is 5.32 Å². The third kappa shape index (κ3) is 2.58. The van der Waals surface area contributed by atoms with Crippen LogP contribution in [0.3, 0.4) is 0 Å². The van der Waals surface area contributed by atoms with Crippen molar-refractivity contribution in [3.8, 4) is 0 Å². The van der Waals surface area contributed by atoms with Gasteiger partial charge in [-0.2, -0.15) is 0 Å². The maximum absolute atomic E-state index is 11.5. The van der Waals surface area contributed by atoms with Gasteiger partial charge in [-0.25, -0.2) is 4.79 Å². The van der Waals surface area contributed by atoms with Crippen LogP contribution >= 0.6 is 0 Å². The summed E-state index contributed by atoms with van der Waals surface area (Å²) >= 11 is 0. The SMILES string of the molecule is C=CC(=O)OC1C(=O)NCCCC1C. The Hall–Kier alpha value is -1.32. The van der Waals surface area contributed by atoms with Crippen molar-refractivity contribution in [2.45, 2.75) is 25.9 Å². The van der Waals surface area contributed by atoms with Gasteiger partial charge in [0, 0.05) is 18.5 Å². The quantitative estimate of drug-likeness (QED) is 0.522. The first-order chi connectivity index (χ1) is 6.65. The minimum absolute atomic E-state index is 0.0707. The van der Waals surface area contributed by atoms with Crippen molar-refractivity contribution in [3.05, 3.63) is 12.7 Å². The molecule has 0 aromatic rings. The van der Waals surface area contributed by atoms with E-state index in [1.54, 1.807) is 0 Å². The first-order valence-electron chi connectivity index (χ1n) is 4.76. The van der Waals surface area contributed by atoms with E-state index >= 15 is 0 Å².